The Morgan fingerprint density at radius 1 is 1.41 bits per heavy atom. The van der Waals surface area contributed by atoms with Crippen molar-refractivity contribution in [3.05, 3.63) is 56.7 Å². The molecule has 2 heterocycles. The summed E-state index contributed by atoms with van der Waals surface area (Å²) in [5, 5.41) is 19.8. The van der Waals surface area contributed by atoms with Crippen LogP contribution in [0.15, 0.2) is 39.7 Å². The van der Waals surface area contributed by atoms with Crippen LogP contribution in [0.1, 0.15) is 11.3 Å². The first-order chi connectivity index (χ1) is 12.8. The average Bonchev–Trinajstić information content (AvgIpc) is 3.15. The van der Waals surface area contributed by atoms with Gasteiger partial charge in [-0.2, -0.15) is 0 Å². The Morgan fingerprint density at radius 3 is 2.81 bits per heavy atom. The van der Waals surface area contributed by atoms with Gasteiger partial charge in [-0.3, -0.25) is 24.6 Å². The molecular formula is C17H12N2O6S2. The predicted octanol–water partition coefficient (Wildman–Crippen LogP) is 3.45. The highest BCUT2D eigenvalue weighted by Crippen LogP contribution is 2.34. The summed E-state index contributed by atoms with van der Waals surface area (Å²) in [4.78, 5) is 34.8. The standard InChI is InChI=1S/C17H12N2O6S2/c1-9-2-3-10(19(23)24)6-12(9)13-5-4-11(25-13)7-14-16(22)18(8-15(20)21)17(26)27-14/h2-7H,8H2,1H3,(H,20,21)/b14-7-. The molecule has 0 radical (unpaired) electrons. The minimum absolute atomic E-state index is 0.0527. The number of benzene rings is 1. The summed E-state index contributed by atoms with van der Waals surface area (Å²) in [6.45, 7) is 1.30. The quantitative estimate of drug-likeness (QED) is 0.349. The molecule has 138 valence electrons. The molecule has 0 saturated carbocycles. The van der Waals surface area contributed by atoms with Gasteiger partial charge in [0.05, 0.1) is 9.83 Å². The van der Waals surface area contributed by atoms with Gasteiger partial charge >= 0.3 is 5.97 Å². The van der Waals surface area contributed by atoms with Gasteiger partial charge in [-0.1, -0.05) is 30.0 Å². The SMILES string of the molecule is Cc1ccc([N+](=O)[O-])cc1-c1ccc(/C=C2\SC(=S)N(CC(=O)O)C2=O)o1. The van der Waals surface area contributed by atoms with Gasteiger partial charge in [0.2, 0.25) is 0 Å². The Morgan fingerprint density at radius 2 is 2.15 bits per heavy atom. The third-order valence-electron chi connectivity index (χ3n) is 3.76. The van der Waals surface area contributed by atoms with E-state index in [9.17, 15) is 19.7 Å². The van der Waals surface area contributed by atoms with Crippen LogP contribution >= 0.6 is 24.0 Å². The Balaban J connectivity index is 1.89. The summed E-state index contributed by atoms with van der Waals surface area (Å²) in [6, 6.07) is 7.74. The Bertz CT molecular complexity index is 1010. The van der Waals surface area contributed by atoms with Gasteiger partial charge in [0.15, 0.2) is 0 Å². The normalized spacial score (nSPS) is 15.6. The number of carboxylic acids is 1. The fourth-order valence-corrected chi connectivity index (χ4v) is 3.70. The molecule has 27 heavy (non-hydrogen) atoms. The lowest BCUT2D eigenvalue weighted by Gasteiger charge is -2.09. The first-order valence-corrected chi connectivity index (χ1v) is 8.81. The number of furan rings is 1. The number of carbonyl (C=O) groups excluding carboxylic acids is 1. The third kappa shape index (κ3) is 3.91. The van der Waals surface area contributed by atoms with Gasteiger partial charge in [-0.05, 0) is 24.6 Å². The van der Waals surface area contributed by atoms with E-state index in [2.05, 4.69) is 0 Å². The number of thiocarbonyl (C=S) groups is 1. The Kier molecular flexibility index (Phi) is 5.10. The van der Waals surface area contributed by atoms with E-state index in [1.807, 2.05) is 0 Å². The second-order valence-electron chi connectivity index (χ2n) is 5.62. The van der Waals surface area contributed by atoms with Crippen molar-refractivity contribution in [1.82, 2.24) is 4.90 Å². The van der Waals surface area contributed by atoms with Crippen LogP contribution in [-0.2, 0) is 9.59 Å². The van der Waals surface area contributed by atoms with E-state index < -0.39 is 23.3 Å². The topological polar surface area (TPSA) is 114 Å². The summed E-state index contributed by atoms with van der Waals surface area (Å²) in [5.74, 6) is -0.888. The number of hydrogen-bond acceptors (Lipinski definition) is 7. The summed E-state index contributed by atoms with van der Waals surface area (Å²) >= 11 is 6.03. The Labute approximate surface area is 162 Å². The highest BCUT2D eigenvalue weighted by atomic mass is 32.2. The van der Waals surface area contributed by atoms with Gasteiger partial charge in [0.1, 0.15) is 22.4 Å². The molecule has 0 spiro atoms. The summed E-state index contributed by atoms with van der Waals surface area (Å²) in [6.07, 6.45) is 1.47. The van der Waals surface area contributed by atoms with Crippen LogP contribution in [0.4, 0.5) is 5.69 Å². The fourth-order valence-electron chi connectivity index (χ4n) is 2.46. The van der Waals surface area contributed by atoms with Gasteiger partial charge < -0.3 is 9.52 Å². The highest BCUT2D eigenvalue weighted by Gasteiger charge is 2.33. The number of nitrogens with zero attached hydrogens (tertiary/aromatic N) is 2. The average molecular weight is 404 g/mol. The van der Waals surface area contributed by atoms with E-state index in [4.69, 9.17) is 21.7 Å². The molecule has 1 aromatic heterocycles. The molecule has 3 rings (SSSR count). The van der Waals surface area contributed by atoms with Gasteiger partial charge in [-0.25, -0.2) is 0 Å². The molecule has 1 aliphatic rings. The van der Waals surface area contributed by atoms with Crippen molar-refractivity contribution < 1.29 is 24.0 Å². The lowest BCUT2D eigenvalue weighted by molar-refractivity contribution is -0.384. The number of aryl methyl sites for hydroxylation is 1. The van der Waals surface area contributed by atoms with Crippen molar-refractivity contribution in [3.8, 4) is 11.3 Å². The number of thioether (sulfide) groups is 1. The molecule has 1 aliphatic heterocycles. The maximum Gasteiger partial charge on any atom is 0.323 e. The number of rotatable bonds is 5. The molecule has 1 fully saturated rings. The second-order valence-corrected chi connectivity index (χ2v) is 7.30. The molecule has 0 unspecified atom stereocenters. The summed E-state index contributed by atoms with van der Waals surface area (Å²) in [7, 11) is 0. The number of nitro benzene ring substituents is 1. The number of aliphatic carboxylic acids is 1. The van der Waals surface area contributed by atoms with Gasteiger partial charge in [0, 0.05) is 23.8 Å². The molecule has 0 bridgehead atoms. The van der Waals surface area contributed by atoms with Crippen molar-refractivity contribution in [2.45, 2.75) is 6.92 Å². The van der Waals surface area contributed by atoms with E-state index in [1.165, 1.54) is 18.2 Å². The molecule has 2 aromatic rings. The monoisotopic (exact) mass is 404 g/mol. The fraction of sp³-hybridized carbons (Fsp3) is 0.118. The van der Waals surface area contributed by atoms with Crippen molar-refractivity contribution >= 4 is 51.9 Å². The third-order valence-corrected chi connectivity index (χ3v) is 5.14. The van der Waals surface area contributed by atoms with Crippen molar-refractivity contribution in [3.63, 3.8) is 0 Å². The molecule has 1 amide bonds. The molecule has 1 saturated heterocycles. The largest absolute Gasteiger partial charge is 0.480 e. The first-order valence-electron chi connectivity index (χ1n) is 7.58. The van der Waals surface area contributed by atoms with Crippen LogP contribution in [0.5, 0.6) is 0 Å². The smallest absolute Gasteiger partial charge is 0.323 e. The molecule has 1 aromatic carbocycles. The van der Waals surface area contributed by atoms with Crippen LogP contribution < -0.4 is 0 Å². The number of carboxylic acid groups (broad SMARTS) is 1. The lowest BCUT2D eigenvalue weighted by atomic mass is 10.1. The van der Waals surface area contributed by atoms with Crippen LogP contribution in [0.2, 0.25) is 0 Å². The maximum atomic E-state index is 12.3. The lowest BCUT2D eigenvalue weighted by Crippen LogP contribution is -2.33. The number of carbonyl (C=O) groups is 2. The summed E-state index contributed by atoms with van der Waals surface area (Å²) < 4.78 is 5.87. The molecular weight excluding hydrogens is 392 g/mol. The number of hydrogen-bond donors (Lipinski definition) is 1. The van der Waals surface area contributed by atoms with Gasteiger partial charge in [-0.15, -0.1) is 0 Å². The van der Waals surface area contributed by atoms with E-state index in [-0.39, 0.29) is 14.9 Å². The van der Waals surface area contributed by atoms with E-state index >= 15 is 0 Å². The molecule has 1 N–H and O–H groups in total. The molecule has 0 atom stereocenters. The number of amides is 1. The number of nitro groups is 1. The zero-order valence-electron chi connectivity index (χ0n) is 13.9. The molecule has 0 aliphatic carbocycles. The van der Waals surface area contributed by atoms with Crippen LogP contribution in [-0.4, -0.2) is 37.7 Å². The van der Waals surface area contributed by atoms with Crippen LogP contribution in [0, 0.1) is 17.0 Å². The molecule has 8 nitrogen and oxygen atoms in total. The van der Waals surface area contributed by atoms with E-state index in [1.54, 1.807) is 25.1 Å². The van der Waals surface area contributed by atoms with Crippen molar-refractivity contribution in [2.24, 2.45) is 0 Å². The zero-order chi connectivity index (χ0) is 19.7. The van der Waals surface area contributed by atoms with E-state index in [0.29, 0.717) is 17.1 Å². The van der Waals surface area contributed by atoms with Gasteiger partial charge in [0.25, 0.3) is 11.6 Å². The van der Waals surface area contributed by atoms with Crippen molar-refractivity contribution in [2.75, 3.05) is 6.54 Å². The molecule has 10 heteroatoms. The van der Waals surface area contributed by atoms with Crippen LogP contribution in [0.25, 0.3) is 17.4 Å². The predicted molar refractivity (Wildman–Crippen MR) is 103 cm³/mol. The minimum Gasteiger partial charge on any atom is -0.480 e. The second kappa shape index (κ2) is 7.33. The number of non-ortho nitro benzene ring substituents is 1. The summed E-state index contributed by atoms with van der Waals surface area (Å²) in [5.41, 5.74) is 1.32. The first kappa shape index (κ1) is 18.8. The zero-order valence-corrected chi connectivity index (χ0v) is 15.5. The van der Waals surface area contributed by atoms with Crippen LogP contribution in [0.3, 0.4) is 0 Å². The Hall–Kier alpha value is -2.98. The minimum atomic E-state index is -1.16. The highest BCUT2D eigenvalue weighted by molar-refractivity contribution is 8.26. The van der Waals surface area contributed by atoms with Crippen molar-refractivity contribution in [1.29, 1.82) is 0 Å². The maximum absolute atomic E-state index is 12.3. The van der Waals surface area contributed by atoms with E-state index in [0.717, 1.165) is 22.2 Å².